The fourth-order valence-corrected chi connectivity index (χ4v) is 2.87. The van der Waals surface area contributed by atoms with E-state index in [4.69, 9.17) is 23.2 Å². The standard InChI is InChI=1S/C19H22Cl2N2O/c1-13(15-8-9-16(20)17(21)12-15)19(24)22-11-10-14-6-4-5-7-18(14)23(2)3/h4-9,12-13H,10-11H2,1-3H3,(H,22,24). The first-order valence-electron chi connectivity index (χ1n) is 7.88. The molecule has 0 aliphatic rings. The van der Waals surface area contributed by atoms with Gasteiger partial charge in [-0.05, 0) is 42.7 Å². The first-order valence-corrected chi connectivity index (χ1v) is 8.63. The number of hydrogen-bond donors (Lipinski definition) is 1. The van der Waals surface area contributed by atoms with E-state index in [1.54, 1.807) is 12.1 Å². The van der Waals surface area contributed by atoms with E-state index in [1.165, 1.54) is 11.3 Å². The van der Waals surface area contributed by atoms with Gasteiger partial charge in [0.1, 0.15) is 0 Å². The van der Waals surface area contributed by atoms with Crippen LogP contribution in [0, 0.1) is 0 Å². The molecule has 0 aliphatic carbocycles. The summed E-state index contributed by atoms with van der Waals surface area (Å²) in [6.45, 7) is 2.46. The molecular formula is C19H22Cl2N2O. The van der Waals surface area contributed by atoms with E-state index in [2.05, 4.69) is 22.3 Å². The van der Waals surface area contributed by atoms with Crippen molar-refractivity contribution in [3.05, 3.63) is 63.6 Å². The summed E-state index contributed by atoms with van der Waals surface area (Å²) in [6, 6.07) is 13.5. The van der Waals surface area contributed by atoms with Crippen LogP contribution >= 0.6 is 23.2 Å². The summed E-state index contributed by atoms with van der Waals surface area (Å²) in [4.78, 5) is 14.4. The summed E-state index contributed by atoms with van der Waals surface area (Å²) in [5.74, 6) is -0.292. The normalized spacial score (nSPS) is 11.9. The van der Waals surface area contributed by atoms with Crippen molar-refractivity contribution in [1.82, 2.24) is 5.32 Å². The van der Waals surface area contributed by atoms with E-state index in [0.29, 0.717) is 16.6 Å². The van der Waals surface area contributed by atoms with Crippen LogP contribution in [0.4, 0.5) is 5.69 Å². The second-order valence-corrected chi connectivity index (χ2v) is 6.77. The molecule has 2 aromatic carbocycles. The Morgan fingerprint density at radius 1 is 1.12 bits per heavy atom. The maximum Gasteiger partial charge on any atom is 0.227 e. The summed E-state index contributed by atoms with van der Waals surface area (Å²) in [5.41, 5.74) is 3.24. The van der Waals surface area contributed by atoms with Crippen LogP contribution in [-0.4, -0.2) is 26.5 Å². The molecule has 0 aromatic heterocycles. The second-order valence-electron chi connectivity index (χ2n) is 5.96. The smallest absolute Gasteiger partial charge is 0.227 e. The number of nitrogens with one attached hydrogen (secondary N) is 1. The van der Waals surface area contributed by atoms with Crippen LogP contribution in [0.2, 0.25) is 10.0 Å². The van der Waals surface area contributed by atoms with Crippen LogP contribution in [0.15, 0.2) is 42.5 Å². The van der Waals surface area contributed by atoms with Gasteiger partial charge in [-0.15, -0.1) is 0 Å². The number of rotatable bonds is 6. The summed E-state index contributed by atoms with van der Waals surface area (Å²) in [6.07, 6.45) is 0.786. The van der Waals surface area contributed by atoms with Crippen molar-refractivity contribution in [2.45, 2.75) is 19.3 Å². The third kappa shape index (κ3) is 4.65. The number of anilines is 1. The quantitative estimate of drug-likeness (QED) is 0.816. The molecule has 3 nitrogen and oxygen atoms in total. The fourth-order valence-electron chi connectivity index (χ4n) is 2.57. The molecule has 0 fully saturated rings. The monoisotopic (exact) mass is 364 g/mol. The van der Waals surface area contributed by atoms with Crippen molar-refractivity contribution in [3.8, 4) is 0 Å². The summed E-state index contributed by atoms with van der Waals surface area (Å²) < 4.78 is 0. The van der Waals surface area contributed by atoms with Gasteiger partial charge in [-0.25, -0.2) is 0 Å². The molecule has 1 atom stereocenters. The molecule has 128 valence electrons. The average Bonchev–Trinajstić information content (AvgIpc) is 2.56. The van der Waals surface area contributed by atoms with Crippen molar-refractivity contribution in [2.24, 2.45) is 0 Å². The molecule has 5 heteroatoms. The van der Waals surface area contributed by atoms with Crippen LogP contribution in [-0.2, 0) is 11.2 Å². The first kappa shape index (κ1) is 18.6. The minimum absolute atomic E-state index is 0.0178. The average molecular weight is 365 g/mol. The first-order chi connectivity index (χ1) is 11.4. The molecule has 0 spiro atoms. The Balaban J connectivity index is 1.94. The van der Waals surface area contributed by atoms with Gasteiger partial charge in [-0.1, -0.05) is 47.5 Å². The lowest BCUT2D eigenvalue weighted by Crippen LogP contribution is -2.30. The summed E-state index contributed by atoms with van der Waals surface area (Å²) in [5, 5.41) is 3.96. The largest absolute Gasteiger partial charge is 0.377 e. The van der Waals surface area contributed by atoms with Crippen LogP contribution in [0.3, 0.4) is 0 Å². The van der Waals surface area contributed by atoms with Gasteiger partial charge in [-0.2, -0.15) is 0 Å². The van der Waals surface area contributed by atoms with Crippen LogP contribution in [0.5, 0.6) is 0 Å². The topological polar surface area (TPSA) is 32.3 Å². The summed E-state index contributed by atoms with van der Waals surface area (Å²) >= 11 is 11.9. The minimum Gasteiger partial charge on any atom is -0.377 e. The van der Waals surface area contributed by atoms with Gasteiger partial charge < -0.3 is 10.2 Å². The molecular weight excluding hydrogens is 343 g/mol. The fraction of sp³-hybridized carbons (Fsp3) is 0.316. The molecule has 1 unspecified atom stereocenters. The second kappa shape index (κ2) is 8.41. The highest BCUT2D eigenvalue weighted by Crippen LogP contribution is 2.26. The van der Waals surface area contributed by atoms with Gasteiger partial charge >= 0.3 is 0 Å². The lowest BCUT2D eigenvalue weighted by atomic mass is 10.0. The lowest BCUT2D eigenvalue weighted by Gasteiger charge is -2.18. The Bertz CT molecular complexity index is 716. The highest BCUT2D eigenvalue weighted by atomic mass is 35.5. The molecule has 2 aromatic rings. The Kier molecular flexibility index (Phi) is 6.52. The predicted octanol–water partition coefficient (Wildman–Crippen LogP) is 4.52. The van der Waals surface area contributed by atoms with Gasteiger partial charge in [-0.3, -0.25) is 4.79 Å². The molecule has 0 heterocycles. The van der Waals surface area contributed by atoms with Crippen molar-refractivity contribution in [3.63, 3.8) is 0 Å². The summed E-state index contributed by atoms with van der Waals surface area (Å²) in [7, 11) is 4.04. The van der Waals surface area contributed by atoms with Gasteiger partial charge in [0.2, 0.25) is 5.91 Å². The van der Waals surface area contributed by atoms with Gasteiger partial charge in [0.25, 0.3) is 0 Å². The van der Waals surface area contributed by atoms with E-state index in [9.17, 15) is 4.79 Å². The Morgan fingerprint density at radius 2 is 1.83 bits per heavy atom. The van der Waals surface area contributed by atoms with Gasteiger partial charge in [0.15, 0.2) is 0 Å². The number of para-hydroxylation sites is 1. The zero-order chi connectivity index (χ0) is 17.7. The van der Waals surface area contributed by atoms with E-state index in [-0.39, 0.29) is 11.8 Å². The van der Waals surface area contributed by atoms with Crippen LogP contribution < -0.4 is 10.2 Å². The molecule has 1 N–H and O–H groups in total. The van der Waals surface area contributed by atoms with Gasteiger partial charge in [0, 0.05) is 26.3 Å². The molecule has 0 bridgehead atoms. The third-order valence-electron chi connectivity index (χ3n) is 4.00. The highest BCUT2D eigenvalue weighted by Gasteiger charge is 2.16. The van der Waals surface area contributed by atoms with Crippen LogP contribution in [0.25, 0.3) is 0 Å². The number of carbonyl (C=O) groups is 1. The van der Waals surface area contributed by atoms with E-state index >= 15 is 0 Å². The number of carbonyl (C=O) groups excluding carboxylic acids is 1. The number of nitrogens with zero attached hydrogens (tertiary/aromatic N) is 1. The molecule has 0 aliphatic heterocycles. The minimum atomic E-state index is -0.274. The van der Waals surface area contributed by atoms with Crippen molar-refractivity contribution < 1.29 is 4.79 Å². The maximum atomic E-state index is 12.4. The van der Waals surface area contributed by atoms with E-state index in [0.717, 1.165) is 12.0 Å². The number of hydrogen-bond acceptors (Lipinski definition) is 2. The Morgan fingerprint density at radius 3 is 2.50 bits per heavy atom. The third-order valence-corrected chi connectivity index (χ3v) is 4.74. The highest BCUT2D eigenvalue weighted by molar-refractivity contribution is 6.42. The lowest BCUT2D eigenvalue weighted by molar-refractivity contribution is -0.122. The SMILES string of the molecule is CC(C(=O)NCCc1ccccc1N(C)C)c1ccc(Cl)c(Cl)c1. The zero-order valence-corrected chi connectivity index (χ0v) is 15.7. The maximum absolute atomic E-state index is 12.4. The van der Waals surface area contributed by atoms with Gasteiger partial charge in [0.05, 0.1) is 16.0 Å². The molecule has 0 saturated heterocycles. The van der Waals surface area contributed by atoms with Crippen LogP contribution in [0.1, 0.15) is 24.0 Å². The van der Waals surface area contributed by atoms with Crippen molar-refractivity contribution in [2.75, 3.05) is 25.5 Å². The van der Waals surface area contributed by atoms with E-state index in [1.807, 2.05) is 39.2 Å². The van der Waals surface area contributed by atoms with Crippen molar-refractivity contribution >= 4 is 34.8 Å². The Hall–Kier alpha value is -1.71. The Labute approximate surface area is 153 Å². The van der Waals surface area contributed by atoms with Crippen molar-refractivity contribution in [1.29, 1.82) is 0 Å². The molecule has 2 rings (SSSR count). The number of amides is 1. The molecule has 0 saturated carbocycles. The number of benzene rings is 2. The molecule has 1 amide bonds. The predicted molar refractivity (Wildman–Crippen MR) is 102 cm³/mol. The van der Waals surface area contributed by atoms with E-state index < -0.39 is 0 Å². The molecule has 24 heavy (non-hydrogen) atoms. The zero-order valence-electron chi connectivity index (χ0n) is 14.1. The molecule has 0 radical (unpaired) electrons. The number of halogens is 2.